The quantitative estimate of drug-likeness (QED) is 0.674. The number of benzene rings is 2. The number of hydrogen-bond acceptors (Lipinski definition) is 2. The van der Waals surface area contributed by atoms with Crippen LogP contribution in [0.2, 0.25) is 5.02 Å². The monoisotopic (exact) mass is 406 g/mol. The predicted octanol–water partition coefficient (Wildman–Crippen LogP) is 4.76. The van der Waals surface area contributed by atoms with Crippen LogP contribution in [-0.2, 0) is 4.79 Å². The average molecular weight is 407 g/mol. The van der Waals surface area contributed by atoms with Crippen LogP contribution < -0.4 is 5.32 Å². The molecule has 3 rings (SSSR count). The minimum Gasteiger partial charge on any atom is -0.354 e. The lowest BCUT2D eigenvalue weighted by molar-refractivity contribution is -0.126. The molecule has 7 heteroatoms. The summed E-state index contributed by atoms with van der Waals surface area (Å²) in [5.74, 6) is -0.651. The number of alkyl halides is 2. The molecular formula is C21H21ClF2N2O2. The maximum absolute atomic E-state index is 13.1. The summed E-state index contributed by atoms with van der Waals surface area (Å²) >= 11 is 6.10. The van der Waals surface area contributed by atoms with Crippen molar-refractivity contribution in [1.29, 1.82) is 0 Å². The van der Waals surface area contributed by atoms with Crippen molar-refractivity contribution in [2.75, 3.05) is 6.54 Å². The third kappa shape index (κ3) is 4.17. The Morgan fingerprint density at radius 3 is 2.61 bits per heavy atom. The number of halogens is 3. The predicted molar refractivity (Wildman–Crippen MR) is 103 cm³/mol. The summed E-state index contributed by atoms with van der Waals surface area (Å²) in [6, 6.07) is 13.1. The van der Waals surface area contributed by atoms with Gasteiger partial charge in [0, 0.05) is 23.6 Å². The van der Waals surface area contributed by atoms with Gasteiger partial charge in [-0.05, 0) is 42.7 Å². The number of carbonyl (C=O) groups is 2. The Labute approximate surface area is 167 Å². The Kier molecular flexibility index (Phi) is 6.29. The molecule has 148 valence electrons. The molecule has 0 saturated carbocycles. The van der Waals surface area contributed by atoms with E-state index in [4.69, 9.17) is 11.6 Å². The summed E-state index contributed by atoms with van der Waals surface area (Å²) in [5.41, 5.74) is 1.86. The van der Waals surface area contributed by atoms with Crippen LogP contribution in [0.15, 0.2) is 48.5 Å². The molecule has 0 spiro atoms. The maximum atomic E-state index is 13.1. The molecule has 1 aliphatic rings. The van der Waals surface area contributed by atoms with Crippen molar-refractivity contribution in [3.8, 4) is 0 Å². The first-order valence-electron chi connectivity index (χ1n) is 9.13. The Morgan fingerprint density at radius 2 is 1.93 bits per heavy atom. The molecule has 28 heavy (non-hydrogen) atoms. The van der Waals surface area contributed by atoms with Crippen molar-refractivity contribution in [3.63, 3.8) is 0 Å². The Balaban J connectivity index is 1.89. The van der Waals surface area contributed by atoms with E-state index in [2.05, 4.69) is 5.32 Å². The summed E-state index contributed by atoms with van der Waals surface area (Å²) in [6.07, 6.45) is -2.52. The fourth-order valence-corrected chi connectivity index (χ4v) is 3.67. The van der Waals surface area contributed by atoms with Gasteiger partial charge in [0.05, 0.1) is 6.04 Å². The van der Waals surface area contributed by atoms with Crippen molar-refractivity contribution >= 4 is 23.4 Å². The maximum Gasteiger partial charge on any atom is 0.255 e. The third-order valence-electron chi connectivity index (χ3n) is 4.90. The number of nitrogens with one attached hydrogen (secondary N) is 1. The van der Waals surface area contributed by atoms with Crippen LogP contribution in [-0.4, -0.2) is 29.7 Å². The smallest absolute Gasteiger partial charge is 0.255 e. The lowest BCUT2D eigenvalue weighted by Crippen LogP contribution is -2.40. The summed E-state index contributed by atoms with van der Waals surface area (Å²) in [4.78, 5) is 27.5. The Hall–Kier alpha value is -2.47. The van der Waals surface area contributed by atoms with Crippen LogP contribution in [0.3, 0.4) is 0 Å². The van der Waals surface area contributed by atoms with Crippen molar-refractivity contribution < 1.29 is 18.4 Å². The number of nitrogens with zero attached hydrogens (tertiary/aromatic N) is 1. The summed E-state index contributed by atoms with van der Waals surface area (Å²) in [5, 5.41) is 3.12. The van der Waals surface area contributed by atoms with E-state index in [1.807, 2.05) is 37.3 Å². The highest BCUT2D eigenvalue weighted by Gasteiger charge is 2.43. The van der Waals surface area contributed by atoms with Gasteiger partial charge < -0.3 is 10.2 Å². The second-order valence-electron chi connectivity index (χ2n) is 6.76. The van der Waals surface area contributed by atoms with Gasteiger partial charge in [0.25, 0.3) is 5.91 Å². The van der Waals surface area contributed by atoms with Crippen LogP contribution >= 0.6 is 11.6 Å². The normalized spacial score (nSPS) is 17.0. The Morgan fingerprint density at radius 1 is 1.21 bits per heavy atom. The van der Waals surface area contributed by atoms with Gasteiger partial charge in [-0.25, -0.2) is 8.78 Å². The largest absolute Gasteiger partial charge is 0.354 e. The first kappa shape index (κ1) is 20.3. The summed E-state index contributed by atoms with van der Waals surface area (Å²) in [7, 11) is 0. The number of carbonyl (C=O) groups excluding carboxylic acids is 2. The second kappa shape index (κ2) is 8.69. The molecule has 2 aromatic carbocycles. The molecular weight excluding hydrogens is 386 g/mol. The highest BCUT2D eigenvalue weighted by molar-refractivity contribution is 6.31. The van der Waals surface area contributed by atoms with E-state index in [0.717, 1.165) is 5.56 Å². The van der Waals surface area contributed by atoms with E-state index in [1.54, 1.807) is 18.2 Å². The van der Waals surface area contributed by atoms with Crippen LogP contribution in [0.5, 0.6) is 0 Å². The number of amides is 2. The van der Waals surface area contributed by atoms with E-state index >= 15 is 0 Å². The molecule has 2 atom stereocenters. The summed E-state index contributed by atoms with van der Waals surface area (Å²) in [6.45, 7) is 1.98. The second-order valence-corrected chi connectivity index (χ2v) is 7.19. The van der Waals surface area contributed by atoms with Crippen LogP contribution in [0, 0.1) is 0 Å². The third-order valence-corrected chi connectivity index (χ3v) is 5.13. The lowest BCUT2D eigenvalue weighted by Gasteiger charge is -2.31. The van der Waals surface area contributed by atoms with Crippen LogP contribution in [0.25, 0.3) is 0 Å². The standard InChI is InChI=1S/C21H21ClF2N2O2/c1-13(14-6-3-2-4-7-14)26-19(20(27)25-11-5-8-18(23)24)17-12-15(22)9-10-16(17)21(26)28/h2-4,6-7,9-10,12-13,18-19H,5,8,11H2,1H3,(H,25,27)/t13?,19-/m1/s1. The molecule has 1 aliphatic heterocycles. The van der Waals surface area contributed by atoms with Gasteiger partial charge in [-0.2, -0.15) is 0 Å². The first-order chi connectivity index (χ1) is 13.4. The topological polar surface area (TPSA) is 49.4 Å². The summed E-state index contributed by atoms with van der Waals surface area (Å²) < 4.78 is 24.7. The molecule has 0 bridgehead atoms. The molecule has 0 fully saturated rings. The van der Waals surface area contributed by atoms with Gasteiger partial charge in [0.2, 0.25) is 12.3 Å². The average Bonchev–Trinajstić information content (AvgIpc) is 2.96. The van der Waals surface area contributed by atoms with Gasteiger partial charge in [0.1, 0.15) is 6.04 Å². The zero-order chi connectivity index (χ0) is 20.3. The molecule has 0 aliphatic carbocycles. The van der Waals surface area contributed by atoms with Crippen molar-refractivity contribution in [3.05, 3.63) is 70.2 Å². The Bertz CT molecular complexity index is 861. The SMILES string of the molecule is CC(c1ccccc1)N1C(=O)c2ccc(Cl)cc2[C@@H]1C(=O)NCCCC(F)F. The zero-order valence-corrected chi connectivity index (χ0v) is 16.1. The van der Waals surface area contributed by atoms with E-state index < -0.39 is 18.4 Å². The number of rotatable bonds is 7. The zero-order valence-electron chi connectivity index (χ0n) is 15.4. The molecule has 1 unspecified atom stereocenters. The van der Waals surface area contributed by atoms with Crippen molar-refractivity contribution in [2.45, 2.75) is 38.3 Å². The van der Waals surface area contributed by atoms with Crippen molar-refractivity contribution in [1.82, 2.24) is 10.2 Å². The molecule has 0 saturated heterocycles. The minimum absolute atomic E-state index is 0.122. The molecule has 2 aromatic rings. The van der Waals surface area contributed by atoms with Gasteiger partial charge in [-0.3, -0.25) is 9.59 Å². The lowest BCUT2D eigenvalue weighted by atomic mass is 10.0. The van der Waals surface area contributed by atoms with E-state index in [1.165, 1.54) is 4.90 Å². The van der Waals surface area contributed by atoms with Crippen LogP contribution in [0.4, 0.5) is 8.78 Å². The van der Waals surface area contributed by atoms with Gasteiger partial charge in [-0.1, -0.05) is 41.9 Å². The number of fused-ring (bicyclic) bond motifs is 1. The molecule has 1 heterocycles. The van der Waals surface area contributed by atoms with E-state index in [0.29, 0.717) is 16.1 Å². The molecule has 4 nitrogen and oxygen atoms in total. The molecule has 1 N–H and O–H groups in total. The minimum atomic E-state index is -2.40. The van der Waals surface area contributed by atoms with Gasteiger partial charge in [0.15, 0.2) is 0 Å². The van der Waals surface area contributed by atoms with Crippen LogP contribution in [0.1, 0.15) is 53.3 Å². The number of hydrogen-bond donors (Lipinski definition) is 1. The van der Waals surface area contributed by atoms with E-state index in [9.17, 15) is 18.4 Å². The molecule has 0 radical (unpaired) electrons. The van der Waals surface area contributed by atoms with Gasteiger partial charge in [-0.15, -0.1) is 0 Å². The first-order valence-corrected chi connectivity index (χ1v) is 9.51. The molecule has 0 aromatic heterocycles. The van der Waals surface area contributed by atoms with Gasteiger partial charge >= 0.3 is 0 Å². The van der Waals surface area contributed by atoms with E-state index in [-0.39, 0.29) is 31.3 Å². The highest BCUT2D eigenvalue weighted by atomic mass is 35.5. The fraction of sp³-hybridized carbons (Fsp3) is 0.333. The fourth-order valence-electron chi connectivity index (χ4n) is 3.48. The molecule has 2 amide bonds. The van der Waals surface area contributed by atoms with Crippen molar-refractivity contribution in [2.24, 2.45) is 0 Å². The highest BCUT2D eigenvalue weighted by Crippen LogP contribution is 2.40.